The number of carbonyl (C=O) groups is 1. The van der Waals surface area contributed by atoms with E-state index in [4.69, 9.17) is 7.85 Å². The molecule has 0 N–H and O–H groups in total. The zero-order valence-electron chi connectivity index (χ0n) is 9.18. The van der Waals surface area contributed by atoms with Crippen LogP contribution in [0.3, 0.4) is 0 Å². The van der Waals surface area contributed by atoms with Crippen LogP contribution in [0.1, 0.15) is 46.5 Å². The largest absolute Gasteiger partial charge is 0.299 e. The van der Waals surface area contributed by atoms with E-state index >= 15 is 0 Å². The smallest absolute Gasteiger partial charge is 0.135 e. The molecule has 2 unspecified atom stereocenters. The van der Waals surface area contributed by atoms with Gasteiger partial charge in [0.15, 0.2) is 0 Å². The summed E-state index contributed by atoms with van der Waals surface area (Å²) in [6, 6.07) is 0. The summed E-state index contributed by atoms with van der Waals surface area (Å²) in [4.78, 5) is 11.5. The maximum Gasteiger partial charge on any atom is 0.135 e. The van der Waals surface area contributed by atoms with Gasteiger partial charge < -0.3 is 0 Å². The van der Waals surface area contributed by atoms with Gasteiger partial charge in [-0.25, -0.2) is 0 Å². The third kappa shape index (κ3) is 5.12. The molecule has 0 aromatic heterocycles. The van der Waals surface area contributed by atoms with E-state index in [2.05, 4.69) is 13.8 Å². The Balaban J connectivity index is 3.72. The van der Waals surface area contributed by atoms with Crippen molar-refractivity contribution in [2.45, 2.75) is 52.8 Å². The number of ketones is 1. The standard InChI is InChI=1S/C11H21BO/c1-4-9(3)6-7-11(13)10(5-2)8-12/h9-10H,4-8H2,1-3H3. The SMILES string of the molecule is [B]CC(CC)C(=O)CCC(C)CC. The number of carbonyl (C=O) groups excluding carboxylic acids is 1. The van der Waals surface area contributed by atoms with Crippen LogP contribution in [0, 0.1) is 11.8 Å². The molecule has 0 rings (SSSR count). The molecule has 0 spiro atoms. The molecule has 2 heteroatoms. The van der Waals surface area contributed by atoms with Crippen LogP contribution in [0.4, 0.5) is 0 Å². The Morgan fingerprint density at radius 1 is 1.31 bits per heavy atom. The zero-order chi connectivity index (χ0) is 10.3. The fourth-order valence-electron chi connectivity index (χ4n) is 1.32. The Morgan fingerprint density at radius 2 is 1.92 bits per heavy atom. The Labute approximate surface area is 83.7 Å². The third-order valence-corrected chi connectivity index (χ3v) is 2.81. The van der Waals surface area contributed by atoms with Crippen LogP contribution in [0.25, 0.3) is 0 Å². The van der Waals surface area contributed by atoms with Crippen LogP contribution in [0.2, 0.25) is 6.32 Å². The van der Waals surface area contributed by atoms with E-state index in [-0.39, 0.29) is 5.92 Å². The number of rotatable bonds is 7. The molecular formula is C11H21BO. The molecule has 0 amide bonds. The lowest BCUT2D eigenvalue weighted by Gasteiger charge is -2.12. The monoisotopic (exact) mass is 180 g/mol. The van der Waals surface area contributed by atoms with Crippen molar-refractivity contribution in [1.82, 2.24) is 0 Å². The van der Waals surface area contributed by atoms with Crippen LogP contribution in [0.15, 0.2) is 0 Å². The lowest BCUT2D eigenvalue weighted by molar-refractivity contribution is -0.122. The summed E-state index contributed by atoms with van der Waals surface area (Å²) in [5.74, 6) is 1.12. The first-order valence-electron chi connectivity index (χ1n) is 5.38. The molecule has 0 aromatic rings. The second-order valence-electron chi connectivity index (χ2n) is 3.86. The second kappa shape index (κ2) is 7.17. The van der Waals surface area contributed by atoms with Crippen molar-refractivity contribution in [2.75, 3.05) is 0 Å². The van der Waals surface area contributed by atoms with Crippen LogP contribution in [-0.2, 0) is 4.79 Å². The van der Waals surface area contributed by atoms with Gasteiger partial charge in [-0.1, -0.05) is 33.5 Å². The quantitative estimate of drug-likeness (QED) is 0.550. The predicted octanol–water partition coefficient (Wildman–Crippen LogP) is 2.99. The molecule has 0 aliphatic heterocycles. The highest BCUT2D eigenvalue weighted by Crippen LogP contribution is 2.16. The van der Waals surface area contributed by atoms with E-state index in [1.165, 1.54) is 0 Å². The zero-order valence-corrected chi connectivity index (χ0v) is 9.18. The van der Waals surface area contributed by atoms with Gasteiger partial charge in [-0.15, -0.1) is 0 Å². The Hall–Kier alpha value is -0.265. The van der Waals surface area contributed by atoms with Gasteiger partial charge in [0.25, 0.3) is 0 Å². The number of hydrogen-bond acceptors (Lipinski definition) is 1. The molecule has 2 radical (unpaired) electrons. The lowest BCUT2D eigenvalue weighted by Crippen LogP contribution is -2.13. The summed E-state index contributed by atoms with van der Waals surface area (Å²) in [7, 11) is 5.50. The molecule has 0 aliphatic carbocycles. The summed E-state index contributed by atoms with van der Waals surface area (Å²) >= 11 is 0. The third-order valence-electron chi connectivity index (χ3n) is 2.81. The molecule has 0 fully saturated rings. The summed E-state index contributed by atoms with van der Waals surface area (Å²) < 4.78 is 0. The van der Waals surface area contributed by atoms with Crippen molar-refractivity contribution < 1.29 is 4.79 Å². The molecule has 2 atom stereocenters. The van der Waals surface area contributed by atoms with Crippen molar-refractivity contribution in [3.8, 4) is 0 Å². The van der Waals surface area contributed by atoms with Crippen LogP contribution in [-0.4, -0.2) is 13.6 Å². The van der Waals surface area contributed by atoms with E-state index in [0.717, 1.165) is 19.3 Å². The van der Waals surface area contributed by atoms with E-state index in [1.54, 1.807) is 0 Å². The predicted molar refractivity (Wildman–Crippen MR) is 58.0 cm³/mol. The van der Waals surface area contributed by atoms with E-state index in [1.807, 2.05) is 6.92 Å². The van der Waals surface area contributed by atoms with Gasteiger partial charge in [-0.05, 0) is 18.8 Å². The molecule has 13 heavy (non-hydrogen) atoms. The van der Waals surface area contributed by atoms with Gasteiger partial charge in [-0.3, -0.25) is 4.79 Å². The van der Waals surface area contributed by atoms with Crippen LogP contribution in [0.5, 0.6) is 0 Å². The Bertz CT molecular complexity index is 141. The number of Topliss-reactive ketones (excluding diaryl/α,β-unsaturated/α-hetero) is 1. The van der Waals surface area contributed by atoms with Crippen molar-refractivity contribution in [3.05, 3.63) is 0 Å². The van der Waals surface area contributed by atoms with E-state index in [0.29, 0.717) is 24.4 Å². The Morgan fingerprint density at radius 3 is 2.31 bits per heavy atom. The van der Waals surface area contributed by atoms with Gasteiger partial charge in [0, 0.05) is 12.3 Å². The van der Waals surface area contributed by atoms with Crippen molar-refractivity contribution in [3.63, 3.8) is 0 Å². The first-order valence-corrected chi connectivity index (χ1v) is 5.38. The molecule has 0 aliphatic rings. The van der Waals surface area contributed by atoms with Crippen LogP contribution >= 0.6 is 0 Å². The highest BCUT2D eigenvalue weighted by atomic mass is 16.1. The molecule has 74 valence electrons. The van der Waals surface area contributed by atoms with Crippen LogP contribution < -0.4 is 0 Å². The molecular weight excluding hydrogens is 159 g/mol. The second-order valence-corrected chi connectivity index (χ2v) is 3.86. The maximum absolute atomic E-state index is 11.5. The summed E-state index contributed by atoms with van der Waals surface area (Å²) in [6.45, 7) is 6.38. The molecule has 1 nitrogen and oxygen atoms in total. The summed E-state index contributed by atoms with van der Waals surface area (Å²) in [5.41, 5.74) is 0. The fraction of sp³-hybridized carbons (Fsp3) is 0.909. The molecule has 0 bridgehead atoms. The lowest BCUT2D eigenvalue weighted by atomic mass is 9.84. The normalized spacial score (nSPS) is 15.3. The topological polar surface area (TPSA) is 17.1 Å². The average Bonchev–Trinajstić information content (AvgIpc) is 2.16. The van der Waals surface area contributed by atoms with Crippen molar-refractivity contribution in [2.24, 2.45) is 11.8 Å². The minimum Gasteiger partial charge on any atom is -0.299 e. The van der Waals surface area contributed by atoms with E-state index in [9.17, 15) is 4.79 Å². The molecule has 0 saturated carbocycles. The first kappa shape index (κ1) is 12.7. The highest BCUT2D eigenvalue weighted by Gasteiger charge is 2.14. The van der Waals surface area contributed by atoms with Gasteiger partial charge >= 0.3 is 0 Å². The molecule has 0 aromatic carbocycles. The fourth-order valence-corrected chi connectivity index (χ4v) is 1.32. The molecule has 0 saturated heterocycles. The minimum absolute atomic E-state index is 0.101. The summed E-state index contributed by atoms with van der Waals surface area (Å²) in [5, 5.41) is 0. The first-order chi connectivity index (χ1) is 6.15. The van der Waals surface area contributed by atoms with Gasteiger partial charge in [0.05, 0.1) is 7.85 Å². The van der Waals surface area contributed by atoms with E-state index < -0.39 is 0 Å². The van der Waals surface area contributed by atoms with Gasteiger partial charge in [0.2, 0.25) is 0 Å². The minimum atomic E-state index is 0.101. The summed E-state index contributed by atoms with van der Waals surface area (Å²) in [6.07, 6.45) is 4.29. The van der Waals surface area contributed by atoms with Crippen molar-refractivity contribution >= 4 is 13.6 Å². The van der Waals surface area contributed by atoms with Crippen molar-refractivity contribution in [1.29, 1.82) is 0 Å². The van der Waals surface area contributed by atoms with Gasteiger partial charge in [0.1, 0.15) is 5.78 Å². The average molecular weight is 180 g/mol. The Kier molecular flexibility index (Phi) is 7.02. The number of hydrogen-bond donors (Lipinski definition) is 0. The maximum atomic E-state index is 11.5. The van der Waals surface area contributed by atoms with Gasteiger partial charge in [-0.2, -0.15) is 0 Å². The highest BCUT2D eigenvalue weighted by molar-refractivity contribution is 6.10. The molecule has 0 heterocycles.